The van der Waals surface area contributed by atoms with E-state index in [9.17, 15) is 24.9 Å². The predicted octanol–water partition coefficient (Wildman–Crippen LogP) is 5.01. The second kappa shape index (κ2) is 14.3. The molecule has 1 rings (SSSR count). The monoisotopic (exact) mass is 428 g/mol. The minimum atomic E-state index is -1.81. The number of hydrogen-bond acceptors (Lipinski definition) is 7. The van der Waals surface area contributed by atoms with Crippen LogP contribution in [-0.4, -0.2) is 45.6 Å². The number of aliphatic hydroxyl groups excluding tert-OH is 3. The predicted molar refractivity (Wildman–Crippen MR) is 114 cm³/mol. The van der Waals surface area contributed by atoms with E-state index in [0.29, 0.717) is 0 Å². The van der Waals surface area contributed by atoms with E-state index in [1.165, 1.54) is 71.1 Å². The standard InChI is InChI=1S/C23H40O7/c1-3-4-5-6-7-8-9-10-11-12-13-14-15-16-19(25)29-17-18(24)23(2)21(27)20(26)22(28)30-23/h18,24,26-27H,3-17H2,1-2H3/t18-,23+/m0/s1. The molecule has 174 valence electrons. The maximum Gasteiger partial charge on any atom is 0.378 e. The summed E-state index contributed by atoms with van der Waals surface area (Å²) >= 11 is 0. The van der Waals surface area contributed by atoms with Gasteiger partial charge in [-0.2, -0.15) is 0 Å². The molecular formula is C23H40O7. The number of rotatable bonds is 17. The summed E-state index contributed by atoms with van der Waals surface area (Å²) in [6.45, 7) is 3.05. The zero-order valence-electron chi connectivity index (χ0n) is 18.7. The van der Waals surface area contributed by atoms with Gasteiger partial charge in [0, 0.05) is 6.42 Å². The fourth-order valence-corrected chi connectivity index (χ4v) is 3.54. The summed E-state index contributed by atoms with van der Waals surface area (Å²) in [6.07, 6.45) is 14.7. The van der Waals surface area contributed by atoms with Crippen molar-refractivity contribution in [2.75, 3.05) is 6.61 Å². The lowest BCUT2D eigenvalue weighted by atomic mass is 9.98. The van der Waals surface area contributed by atoms with E-state index in [-0.39, 0.29) is 6.42 Å². The van der Waals surface area contributed by atoms with Crippen molar-refractivity contribution in [3.63, 3.8) is 0 Å². The van der Waals surface area contributed by atoms with Gasteiger partial charge in [0.25, 0.3) is 0 Å². The fourth-order valence-electron chi connectivity index (χ4n) is 3.54. The quantitative estimate of drug-likeness (QED) is 0.220. The first kappa shape index (κ1) is 26.3. The van der Waals surface area contributed by atoms with Crippen molar-refractivity contribution in [2.45, 2.75) is 115 Å². The third-order valence-electron chi connectivity index (χ3n) is 5.72. The molecule has 0 fully saturated rings. The molecule has 1 aliphatic heterocycles. The molecule has 1 aliphatic rings. The summed E-state index contributed by atoms with van der Waals surface area (Å²) in [5.74, 6) is -3.26. The van der Waals surface area contributed by atoms with Gasteiger partial charge in [-0.15, -0.1) is 0 Å². The lowest BCUT2D eigenvalue weighted by Crippen LogP contribution is -2.45. The van der Waals surface area contributed by atoms with Crippen molar-refractivity contribution in [3.8, 4) is 0 Å². The topological polar surface area (TPSA) is 113 Å². The average molecular weight is 429 g/mol. The number of unbranched alkanes of at least 4 members (excludes halogenated alkanes) is 12. The molecular weight excluding hydrogens is 388 g/mol. The summed E-state index contributed by atoms with van der Waals surface area (Å²) in [6, 6.07) is 0. The van der Waals surface area contributed by atoms with E-state index < -0.39 is 41.8 Å². The zero-order valence-corrected chi connectivity index (χ0v) is 18.7. The first-order chi connectivity index (χ1) is 14.3. The Morgan fingerprint density at radius 2 is 1.40 bits per heavy atom. The van der Waals surface area contributed by atoms with Crippen LogP contribution in [0.5, 0.6) is 0 Å². The van der Waals surface area contributed by atoms with Crippen LogP contribution < -0.4 is 0 Å². The van der Waals surface area contributed by atoms with Gasteiger partial charge in [0.2, 0.25) is 5.76 Å². The Morgan fingerprint density at radius 1 is 0.933 bits per heavy atom. The van der Waals surface area contributed by atoms with Crippen LogP contribution in [0.4, 0.5) is 0 Å². The number of esters is 2. The minimum Gasteiger partial charge on any atom is -0.505 e. The zero-order chi connectivity index (χ0) is 22.4. The van der Waals surface area contributed by atoms with Crippen LogP contribution in [0.3, 0.4) is 0 Å². The van der Waals surface area contributed by atoms with Crippen molar-refractivity contribution in [2.24, 2.45) is 0 Å². The molecule has 2 atom stereocenters. The van der Waals surface area contributed by atoms with Gasteiger partial charge >= 0.3 is 11.9 Å². The van der Waals surface area contributed by atoms with Crippen molar-refractivity contribution in [1.82, 2.24) is 0 Å². The van der Waals surface area contributed by atoms with Gasteiger partial charge in [-0.05, 0) is 13.3 Å². The van der Waals surface area contributed by atoms with Crippen molar-refractivity contribution >= 4 is 11.9 Å². The Hall–Kier alpha value is -1.76. The van der Waals surface area contributed by atoms with Crippen LogP contribution in [0, 0.1) is 0 Å². The third kappa shape index (κ3) is 8.94. The van der Waals surface area contributed by atoms with Gasteiger partial charge in [0.15, 0.2) is 11.4 Å². The first-order valence-corrected chi connectivity index (χ1v) is 11.5. The third-order valence-corrected chi connectivity index (χ3v) is 5.72. The van der Waals surface area contributed by atoms with Crippen LogP contribution in [0.2, 0.25) is 0 Å². The fraction of sp³-hybridized carbons (Fsp3) is 0.826. The van der Waals surface area contributed by atoms with Crippen LogP contribution in [0.15, 0.2) is 11.5 Å². The molecule has 0 saturated carbocycles. The molecule has 0 spiro atoms. The number of carbonyl (C=O) groups is 2. The molecule has 1 heterocycles. The highest BCUT2D eigenvalue weighted by molar-refractivity contribution is 5.89. The summed E-state index contributed by atoms with van der Waals surface area (Å²) in [5.41, 5.74) is -1.81. The number of ether oxygens (including phenoxy) is 2. The first-order valence-electron chi connectivity index (χ1n) is 11.5. The molecule has 0 aromatic rings. The highest BCUT2D eigenvalue weighted by Crippen LogP contribution is 2.32. The number of cyclic esters (lactones) is 1. The van der Waals surface area contributed by atoms with Gasteiger partial charge in [0.05, 0.1) is 0 Å². The maximum absolute atomic E-state index is 11.8. The Balaban J connectivity index is 2.00. The van der Waals surface area contributed by atoms with E-state index in [1.54, 1.807) is 0 Å². The molecule has 0 radical (unpaired) electrons. The summed E-state index contributed by atoms with van der Waals surface area (Å²) < 4.78 is 9.81. The second-order valence-corrected chi connectivity index (χ2v) is 8.39. The lowest BCUT2D eigenvalue weighted by Gasteiger charge is -2.28. The van der Waals surface area contributed by atoms with Crippen molar-refractivity contribution in [1.29, 1.82) is 0 Å². The molecule has 0 bridgehead atoms. The molecule has 0 saturated heterocycles. The molecule has 0 amide bonds. The smallest absolute Gasteiger partial charge is 0.378 e. The average Bonchev–Trinajstić information content (AvgIpc) is 2.93. The molecule has 3 N–H and O–H groups in total. The second-order valence-electron chi connectivity index (χ2n) is 8.39. The van der Waals surface area contributed by atoms with E-state index in [4.69, 9.17) is 9.47 Å². The highest BCUT2D eigenvalue weighted by atomic mass is 16.6. The highest BCUT2D eigenvalue weighted by Gasteiger charge is 2.50. The van der Waals surface area contributed by atoms with Gasteiger partial charge in [-0.25, -0.2) is 4.79 Å². The number of hydrogen-bond donors (Lipinski definition) is 3. The summed E-state index contributed by atoms with van der Waals surface area (Å²) in [5, 5.41) is 29.2. The van der Waals surface area contributed by atoms with Crippen LogP contribution in [-0.2, 0) is 19.1 Å². The summed E-state index contributed by atoms with van der Waals surface area (Å²) in [4.78, 5) is 23.1. The van der Waals surface area contributed by atoms with Crippen molar-refractivity contribution < 1.29 is 34.4 Å². The molecule has 7 heteroatoms. The number of carbonyl (C=O) groups excluding carboxylic acids is 2. The Bertz CT molecular complexity index is 558. The van der Waals surface area contributed by atoms with Crippen molar-refractivity contribution in [3.05, 3.63) is 11.5 Å². The largest absolute Gasteiger partial charge is 0.505 e. The Labute approximate surface area is 180 Å². The van der Waals surface area contributed by atoms with Crippen LogP contribution in [0.25, 0.3) is 0 Å². The molecule has 0 unspecified atom stereocenters. The molecule has 0 aromatic heterocycles. The SMILES string of the molecule is CCCCCCCCCCCCCCCC(=O)OC[C@H](O)[C@@]1(C)OC(=O)C(O)=C1O. The molecule has 0 aliphatic carbocycles. The van der Waals surface area contributed by atoms with Gasteiger partial charge < -0.3 is 24.8 Å². The maximum atomic E-state index is 11.8. The summed E-state index contributed by atoms with van der Waals surface area (Å²) in [7, 11) is 0. The van der Waals surface area contributed by atoms with E-state index in [2.05, 4.69) is 6.92 Å². The van der Waals surface area contributed by atoms with Crippen LogP contribution >= 0.6 is 0 Å². The molecule has 0 aromatic carbocycles. The number of aliphatic hydroxyl groups is 3. The van der Waals surface area contributed by atoms with E-state index in [1.807, 2.05) is 0 Å². The molecule has 30 heavy (non-hydrogen) atoms. The van der Waals surface area contributed by atoms with Gasteiger partial charge in [-0.3, -0.25) is 4.79 Å². The lowest BCUT2D eigenvalue weighted by molar-refractivity contribution is -0.166. The van der Waals surface area contributed by atoms with Gasteiger partial charge in [0.1, 0.15) is 12.7 Å². The Kier molecular flexibility index (Phi) is 12.5. The Morgan fingerprint density at radius 3 is 1.83 bits per heavy atom. The van der Waals surface area contributed by atoms with Gasteiger partial charge in [-0.1, -0.05) is 84.0 Å². The normalized spacial score (nSPS) is 19.8. The van der Waals surface area contributed by atoms with E-state index in [0.717, 1.165) is 19.3 Å². The molecule has 7 nitrogen and oxygen atoms in total. The van der Waals surface area contributed by atoms with Crippen LogP contribution in [0.1, 0.15) is 104 Å². The van der Waals surface area contributed by atoms with E-state index >= 15 is 0 Å². The minimum absolute atomic E-state index is 0.258.